The second-order valence-electron chi connectivity index (χ2n) is 4.66. The molecule has 0 aliphatic carbocycles. The Labute approximate surface area is 141 Å². The third-order valence-corrected chi connectivity index (χ3v) is 3.68. The highest BCUT2D eigenvalue weighted by Gasteiger charge is 2.13. The molecule has 1 aliphatic rings. The number of nitrogens with zero attached hydrogens (tertiary/aromatic N) is 1. The molecule has 0 atom stereocenters. The number of hydrogen-bond donors (Lipinski definition) is 1. The van der Waals surface area contributed by atoms with E-state index >= 15 is 0 Å². The summed E-state index contributed by atoms with van der Waals surface area (Å²) >= 11 is 3.33. The summed E-state index contributed by atoms with van der Waals surface area (Å²) in [6.45, 7) is 0.218. The van der Waals surface area contributed by atoms with Gasteiger partial charge in [0.15, 0.2) is 11.5 Å². The van der Waals surface area contributed by atoms with Crippen LogP contribution in [0.25, 0.3) is 0 Å². The van der Waals surface area contributed by atoms with Gasteiger partial charge in [-0.15, -0.1) is 0 Å². The number of hydrogen-bond acceptors (Lipinski definition) is 5. The maximum absolute atomic E-state index is 12.2. The molecule has 0 saturated heterocycles. The van der Waals surface area contributed by atoms with Crippen LogP contribution >= 0.6 is 15.9 Å². The maximum Gasteiger partial charge on any atom is 0.275 e. The number of fused-ring (bicyclic) bond motifs is 1. The van der Waals surface area contributed by atoms with Crippen LogP contribution < -0.4 is 19.6 Å². The van der Waals surface area contributed by atoms with Crippen LogP contribution in [0.15, 0.2) is 46.0 Å². The topological polar surface area (TPSA) is 69.2 Å². The Hall–Kier alpha value is -2.54. The minimum Gasteiger partial charge on any atom is -0.496 e. The average Bonchev–Trinajstić information content (AvgIpc) is 3.02. The van der Waals surface area contributed by atoms with Crippen LogP contribution in [-0.2, 0) is 0 Å². The number of nitrogens with one attached hydrogen (secondary N) is 1. The number of amides is 1. The molecule has 0 spiro atoms. The van der Waals surface area contributed by atoms with Crippen molar-refractivity contribution in [3.05, 3.63) is 52.0 Å². The number of methoxy groups -OCH3 is 1. The number of hydrazone groups is 1. The van der Waals surface area contributed by atoms with Crippen molar-refractivity contribution in [1.82, 2.24) is 5.43 Å². The Balaban J connectivity index is 1.70. The van der Waals surface area contributed by atoms with Gasteiger partial charge in [0.1, 0.15) is 5.75 Å². The fourth-order valence-corrected chi connectivity index (χ4v) is 2.44. The van der Waals surface area contributed by atoms with Gasteiger partial charge in [-0.25, -0.2) is 5.43 Å². The molecule has 1 aliphatic heterocycles. The van der Waals surface area contributed by atoms with Crippen molar-refractivity contribution >= 4 is 28.1 Å². The molecule has 0 radical (unpaired) electrons. The molecule has 0 unspecified atom stereocenters. The van der Waals surface area contributed by atoms with Crippen molar-refractivity contribution in [3.8, 4) is 17.2 Å². The van der Waals surface area contributed by atoms with E-state index in [4.69, 9.17) is 14.2 Å². The monoisotopic (exact) mass is 376 g/mol. The Morgan fingerprint density at radius 3 is 2.91 bits per heavy atom. The summed E-state index contributed by atoms with van der Waals surface area (Å²) < 4.78 is 16.5. The van der Waals surface area contributed by atoms with E-state index in [-0.39, 0.29) is 12.7 Å². The molecule has 0 aromatic heterocycles. The first kappa shape index (κ1) is 15.4. The largest absolute Gasteiger partial charge is 0.496 e. The maximum atomic E-state index is 12.2. The van der Waals surface area contributed by atoms with E-state index in [1.807, 2.05) is 6.07 Å². The van der Waals surface area contributed by atoms with Crippen molar-refractivity contribution in [2.45, 2.75) is 0 Å². The SMILES string of the molecule is COc1ccc(Br)cc1C(=O)N/N=C\c1ccc2c(c1)OCO2. The summed E-state index contributed by atoms with van der Waals surface area (Å²) in [5.74, 6) is 1.48. The molecular weight excluding hydrogens is 364 g/mol. The third-order valence-electron chi connectivity index (χ3n) is 3.18. The molecule has 0 fully saturated rings. The van der Waals surface area contributed by atoms with E-state index in [2.05, 4.69) is 26.5 Å². The molecule has 1 heterocycles. The first-order chi connectivity index (χ1) is 11.2. The number of carbonyl (C=O) groups excluding carboxylic acids is 1. The molecule has 2 aromatic carbocycles. The lowest BCUT2D eigenvalue weighted by Crippen LogP contribution is -2.18. The molecule has 23 heavy (non-hydrogen) atoms. The first-order valence-electron chi connectivity index (χ1n) is 6.74. The van der Waals surface area contributed by atoms with Crippen LogP contribution in [0.1, 0.15) is 15.9 Å². The molecule has 118 valence electrons. The van der Waals surface area contributed by atoms with Crippen molar-refractivity contribution < 1.29 is 19.0 Å². The highest BCUT2D eigenvalue weighted by atomic mass is 79.9. The zero-order chi connectivity index (χ0) is 16.2. The summed E-state index contributed by atoms with van der Waals surface area (Å²) in [5, 5.41) is 3.96. The normalized spacial score (nSPS) is 12.4. The van der Waals surface area contributed by atoms with E-state index in [1.165, 1.54) is 13.3 Å². The summed E-state index contributed by atoms with van der Waals surface area (Å²) in [6, 6.07) is 10.6. The number of rotatable bonds is 4. The van der Waals surface area contributed by atoms with Gasteiger partial charge in [0, 0.05) is 4.47 Å². The van der Waals surface area contributed by atoms with Crippen molar-refractivity contribution in [1.29, 1.82) is 0 Å². The van der Waals surface area contributed by atoms with E-state index < -0.39 is 0 Å². The lowest BCUT2D eigenvalue weighted by molar-refractivity contribution is 0.0952. The molecular formula is C16H13BrN2O4. The van der Waals surface area contributed by atoms with Gasteiger partial charge in [-0.2, -0.15) is 5.10 Å². The lowest BCUT2D eigenvalue weighted by Gasteiger charge is -2.07. The number of benzene rings is 2. The first-order valence-corrected chi connectivity index (χ1v) is 7.53. The van der Waals surface area contributed by atoms with Crippen LogP contribution in [0.2, 0.25) is 0 Å². The fourth-order valence-electron chi connectivity index (χ4n) is 2.08. The zero-order valence-electron chi connectivity index (χ0n) is 12.2. The standard InChI is InChI=1S/C16H13BrN2O4/c1-21-13-5-3-11(17)7-12(13)16(20)19-18-8-10-2-4-14-15(6-10)23-9-22-14/h2-8H,9H2,1H3,(H,19,20)/b18-8-. The third kappa shape index (κ3) is 3.45. The molecule has 1 N–H and O–H groups in total. The smallest absolute Gasteiger partial charge is 0.275 e. The van der Waals surface area contributed by atoms with Crippen molar-refractivity contribution in [2.75, 3.05) is 13.9 Å². The summed E-state index contributed by atoms with van der Waals surface area (Å²) in [7, 11) is 1.51. The van der Waals surface area contributed by atoms with Gasteiger partial charge in [0.2, 0.25) is 6.79 Å². The molecule has 3 rings (SSSR count). The van der Waals surface area contributed by atoms with Gasteiger partial charge in [-0.1, -0.05) is 15.9 Å². The summed E-state index contributed by atoms with van der Waals surface area (Å²) in [4.78, 5) is 12.2. The van der Waals surface area contributed by atoms with Crippen LogP contribution in [0.3, 0.4) is 0 Å². The molecule has 0 bridgehead atoms. The molecule has 7 heteroatoms. The van der Waals surface area contributed by atoms with Crippen molar-refractivity contribution in [3.63, 3.8) is 0 Å². The molecule has 6 nitrogen and oxygen atoms in total. The van der Waals surface area contributed by atoms with Crippen molar-refractivity contribution in [2.24, 2.45) is 5.10 Å². The Kier molecular flexibility index (Phi) is 4.47. The van der Waals surface area contributed by atoms with E-state index in [9.17, 15) is 4.79 Å². The van der Waals surface area contributed by atoms with E-state index in [1.54, 1.807) is 30.3 Å². The predicted molar refractivity (Wildman–Crippen MR) is 88.3 cm³/mol. The fraction of sp³-hybridized carbons (Fsp3) is 0.125. The number of carbonyl (C=O) groups is 1. The highest BCUT2D eigenvalue weighted by Crippen LogP contribution is 2.32. The zero-order valence-corrected chi connectivity index (χ0v) is 13.8. The van der Waals surface area contributed by atoms with Crippen LogP contribution in [0.4, 0.5) is 0 Å². The van der Waals surface area contributed by atoms with E-state index in [0.29, 0.717) is 22.8 Å². The Morgan fingerprint density at radius 1 is 1.26 bits per heavy atom. The second kappa shape index (κ2) is 6.70. The van der Waals surface area contributed by atoms with Crippen LogP contribution in [-0.4, -0.2) is 26.0 Å². The molecule has 0 saturated carbocycles. The Bertz CT molecular complexity index is 777. The second-order valence-corrected chi connectivity index (χ2v) is 5.57. The lowest BCUT2D eigenvalue weighted by atomic mass is 10.2. The van der Waals surface area contributed by atoms with Gasteiger partial charge in [-0.05, 0) is 42.0 Å². The van der Waals surface area contributed by atoms with Crippen LogP contribution in [0, 0.1) is 0 Å². The molecule has 1 amide bonds. The highest BCUT2D eigenvalue weighted by molar-refractivity contribution is 9.10. The van der Waals surface area contributed by atoms with Gasteiger partial charge in [0.25, 0.3) is 5.91 Å². The number of halogens is 1. The van der Waals surface area contributed by atoms with Gasteiger partial charge >= 0.3 is 0 Å². The summed E-state index contributed by atoms with van der Waals surface area (Å²) in [5.41, 5.74) is 3.66. The minimum atomic E-state index is -0.361. The minimum absolute atomic E-state index is 0.218. The predicted octanol–water partition coefficient (Wildman–Crippen LogP) is 2.95. The van der Waals surface area contributed by atoms with E-state index in [0.717, 1.165) is 10.0 Å². The van der Waals surface area contributed by atoms with Gasteiger partial charge in [0.05, 0.1) is 18.9 Å². The number of ether oxygens (including phenoxy) is 3. The molecule has 2 aromatic rings. The van der Waals surface area contributed by atoms with Gasteiger partial charge in [-0.3, -0.25) is 4.79 Å². The average molecular weight is 377 g/mol. The quantitative estimate of drug-likeness (QED) is 0.657. The van der Waals surface area contributed by atoms with Crippen LogP contribution in [0.5, 0.6) is 17.2 Å². The Morgan fingerprint density at radius 2 is 2.09 bits per heavy atom. The van der Waals surface area contributed by atoms with Gasteiger partial charge < -0.3 is 14.2 Å². The summed E-state index contributed by atoms with van der Waals surface area (Å²) in [6.07, 6.45) is 1.53.